The third kappa shape index (κ3) is 4.47. The van der Waals surface area contributed by atoms with Gasteiger partial charge in [0.2, 0.25) is 0 Å². The van der Waals surface area contributed by atoms with Gasteiger partial charge in [-0.25, -0.2) is 4.79 Å². The van der Waals surface area contributed by atoms with Crippen molar-refractivity contribution in [3.05, 3.63) is 95.6 Å². The van der Waals surface area contributed by atoms with Crippen molar-refractivity contribution in [2.45, 2.75) is 50.0 Å². The first-order valence-corrected chi connectivity index (χ1v) is 12.6. The SMILES string of the molecule is O=C(OCC1c2ccccc2-c2ccccc21)N1C2C=C(c3ccccc3OC(F)(F)F)CC1CCC2. The number of fused-ring (bicyclic) bond motifs is 5. The molecule has 6 rings (SSSR count). The molecule has 2 heterocycles. The van der Waals surface area contributed by atoms with Crippen molar-refractivity contribution in [1.82, 2.24) is 4.90 Å². The second kappa shape index (κ2) is 9.29. The van der Waals surface area contributed by atoms with Crippen LogP contribution >= 0.6 is 0 Å². The highest BCUT2D eigenvalue weighted by Gasteiger charge is 2.40. The molecule has 0 spiro atoms. The van der Waals surface area contributed by atoms with Gasteiger partial charge < -0.3 is 9.47 Å². The Kier molecular flexibility index (Phi) is 5.94. The van der Waals surface area contributed by atoms with Gasteiger partial charge in [0.05, 0.1) is 6.04 Å². The molecular formula is C30H26F3NO3. The lowest BCUT2D eigenvalue weighted by atomic mass is 9.83. The Hall–Kier alpha value is -3.74. The molecule has 3 aromatic rings. The number of alkyl halides is 3. The molecule has 0 radical (unpaired) electrons. The fourth-order valence-electron chi connectivity index (χ4n) is 6.13. The molecule has 2 unspecified atom stereocenters. The van der Waals surface area contributed by atoms with Gasteiger partial charge in [-0.15, -0.1) is 13.2 Å². The zero-order chi connectivity index (χ0) is 25.6. The summed E-state index contributed by atoms with van der Waals surface area (Å²) in [5.41, 5.74) is 5.83. The fraction of sp³-hybridized carbons (Fsp3) is 0.300. The molecule has 2 atom stereocenters. The number of hydrogen-bond donors (Lipinski definition) is 0. The first-order valence-electron chi connectivity index (χ1n) is 12.6. The molecule has 1 fully saturated rings. The van der Waals surface area contributed by atoms with Crippen LogP contribution in [0.25, 0.3) is 16.7 Å². The van der Waals surface area contributed by atoms with Gasteiger partial charge in [0, 0.05) is 17.5 Å². The molecule has 4 nitrogen and oxygen atoms in total. The Morgan fingerprint density at radius 1 is 0.865 bits per heavy atom. The van der Waals surface area contributed by atoms with Crippen molar-refractivity contribution in [2.24, 2.45) is 0 Å². The fourth-order valence-corrected chi connectivity index (χ4v) is 6.13. The minimum Gasteiger partial charge on any atom is -0.448 e. The molecular weight excluding hydrogens is 479 g/mol. The van der Waals surface area contributed by atoms with Crippen LogP contribution in [0, 0.1) is 0 Å². The number of benzene rings is 3. The lowest BCUT2D eigenvalue weighted by molar-refractivity contribution is -0.274. The summed E-state index contributed by atoms with van der Waals surface area (Å²) < 4.78 is 49.1. The van der Waals surface area contributed by atoms with E-state index in [1.54, 1.807) is 17.0 Å². The second-order valence-electron chi connectivity index (χ2n) is 9.80. The zero-order valence-corrected chi connectivity index (χ0v) is 20.1. The third-order valence-corrected chi connectivity index (χ3v) is 7.64. The van der Waals surface area contributed by atoms with Crippen LogP contribution < -0.4 is 4.74 Å². The van der Waals surface area contributed by atoms with Gasteiger partial charge in [0.25, 0.3) is 0 Å². The van der Waals surface area contributed by atoms with Crippen LogP contribution in [-0.2, 0) is 4.74 Å². The second-order valence-corrected chi connectivity index (χ2v) is 9.80. The van der Waals surface area contributed by atoms with E-state index in [1.165, 1.54) is 23.3 Å². The lowest BCUT2D eigenvalue weighted by Crippen LogP contribution is -2.51. The smallest absolute Gasteiger partial charge is 0.448 e. The number of ether oxygens (including phenoxy) is 2. The van der Waals surface area contributed by atoms with Crippen molar-refractivity contribution in [2.75, 3.05) is 6.61 Å². The monoisotopic (exact) mass is 505 g/mol. The molecule has 1 amide bonds. The average Bonchev–Trinajstić information content (AvgIpc) is 3.19. The number of para-hydroxylation sites is 1. The van der Waals surface area contributed by atoms with Crippen LogP contribution in [0.5, 0.6) is 5.75 Å². The van der Waals surface area contributed by atoms with E-state index in [2.05, 4.69) is 29.0 Å². The molecule has 3 aromatic carbocycles. The molecule has 0 aromatic heterocycles. The van der Waals surface area contributed by atoms with E-state index in [4.69, 9.17) is 4.74 Å². The highest BCUT2D eigenvalue weighted by molar-refractivity contribution is 5.80. The molecule has 1 saturated heterocycles. The molecule has 0 saturated carbocycles. The van der Waals surface area contributed by atoms with Gasteiger partial charge in [0.1, 0.15) is 12.4 Å². The minimum atomic E-state index is -4.77. The summed E-state index contributed by atoms with van der Waals surface area (Å²) in [5.74, 6) is -0.243. The number of piperidine rings is 1. The molecule has 7 heteroatoms. The van der Waals surface area contributed by atoms with E-state index in [0.717, 1.165) is 36.0 Å². The number of halogens is 3. The summed E-state index contributed by atoms with van der Waals surface area (Å²) in [4.78, 5) is 15.2. The van der Waals surface area contributed by atoms with Crippen molar-refractivity contribution >= 4 is 11.7 Å². The summed E-state index contributed by atoms with van der Waals surface area (Å²) >= 11 is 0. The molecule has 0 N–H and O–H groups in total. The van der Waals surface area contributed by atoms with Gasteiger partial charge in [-0.2, -0.15) is 0 Å². The number of carbonyl (C=O) groups excluding carboxylic acids is 1. The molecule has 1 aliphatic carbocycles. The van der Waals surface area contributed by atoms with Crippen LogP contribution in [0.2, 0.25) is 0 Å². The summed E-state index contributed by atoms with van der Waals surface area (Å²) in [6.07, 6.45) is -0.296. The maximum absolute atomic E-state index is 13.4. The van der Waals surface area contributed by atoms with E-state index < -0.39 is 6.36 Å². The predicted octanol–water partition coefficient (Wildman–Crippen LogP) is 7.54. The van der Waals surface area contributed by atoms with Crippen molar-refractivity contribution in [1.29, 1.82) is 0 Å². The Morgan fingerprint density at radius 2 is 1.49 bits per heavy atom. The zero-order valence-electron chi connectivity index (χ0n) is 20.1. The van der Waals surface area contributed by atoms with Gasteiger partial charge in [-0.3, -0.25) is 4.90 Å². The first kappa shape index (κ1) is 23.6. The van der Waals surface area contributed by atoms with Gasteiger partial charge >= 0.3 is 12.5 Å². The van der Waals surface area contributed by atoms with Crippen molar-refractivity contribution in [3.8, 4) is 16.9 Å². The molecule has 37 heavy (non-hydrogen) atoms. The predicted molar refractivity (Wildman–Crippen MR) is 134 cm³/mol. The minimum absolute atomic E-state index is 0.0292. The normalized spacial score (nSPS) is 20.6. The third-order valence-electron chi connectivity index (χ3n) is 7.64. The van der Waals surface area contributed by atoms with Crippen molar-refractivity contribution in [3.63, 3.8) is 0 Å². The van der Waals surface area contributed by atoms with Crippen molar-refractivity contribution < 1.29 is 27.4 Å². The van der Waals surface area contributed by atoms with E-state index >= 15 is 0 Å². The topological polar surface area (TPSA) is 38.8 Å². The van der Waals surface area contributed by atoms with E-state index in [1.807, 2.05) is 30.3 Å². The number of carbonyl (C=O) groups is 1. The van der Waals surface area contributed by atoms with Crippen LogP contribution in [0.1, 0.15) is 48.3 Å². The van der Waals surface area contributed by atoms with Gasteiger partial charge in [0.15, 0.2) is 0 Å². The van der Waals surface area contributed by atoms with Crippen LogP contribution in [-0.4, -0.2) is 36.0 Å². The maximum Gasteiger partial charge on any atom is 0.573 e. The first-order chi connectivity index (χ1) is 17.9. The number of amides is 1. The van der Waals surface area contributed by atoms with E-state index in [0.29, 0.717) is 12.0 Å². The Balaban J connectivity index is 1.22. The summed E-state index contributed by atoms with van der Waals surface area (Å²) in [7, 11) is 0. The largest absolute Gasteiger partial charge is 0.573 e. The van der Waals surface area contributed by atoms with Crippen LogP contribution in [0.15, 0.2) is 78.9 Å². The van der Waals surface area contributed by atoms with E-state index in [9.17, 15) is 18.0 Å². The number of nitrogens with zero attached hydrogens (tertiary/aromatic N) is 1. The summed E-state index contributed by atoms with van der Waals surface area (Å²) in [6.45, 7) is 0.238. The standard InChI is InChI=1S/C30H26F3NO3/c31-30(32,33)37-28-15-6-5-10-22(28)19-16-20-8-7-9-21(17-19)34(20)29(35)36-18-27-25-13-3-1-11-23(25)24-12-2-4-14-26(24)27/h1-6,10-16,20-21,27H,7-9,17-18H2. The Labute approximate surface area is 213 Å². The van der Waals surface area contributed by atoms with Crippen LogP contribution in [0.4, 0.5) is 18.0 Å². The number of rotatable bonds is 4. The van der Waals surface area contributed by atoms with Gasteiger partial charge in [-0.1, -0.05) is 72.8 Å². The van der Waals surface area contributed by atoms with E-state index in [-0.39, 0.29) is 36.5 Å². The Morgan fingerprint density at radius 3 is 2.14 bits per heavy atom. The van der Waals surface area contributed by atoms with Gasteiger partial charge in [-0.05, 0) is 59.6 Å². The molecule has 2 aliphatic heterocycles. The summed E-state index contributed by atoms with van der Waals surface area (Å²) in [5, 5.41) is 0. The van der Waals surface area contributed by atoms with Crippen LogP contribution in [0.3, 0.4) is 0 Å². The average molecular weight is 506 g/mol. The summed E-state index contributed by atoms with van der Waals surface area (Å²) in [6, 6.07) is 22.2. The molecule has 3 aliphatic rings. The quantitative estimate of drug-likeness (QED) is 0.368. The lowest BCUT2D eigenvalue weighted by Gasteiger charge is -2.44. The highest BCUT2D eigenvalue weighted by atomic mass is 19.4. The number of hydrogen-bond acceptors (Lipinski definition) is 3. The molecule has 2 bridgehead atoms. The Bertz CT molecular complexity index is 1320. The molecule has 190 valence electrons. The highest BCUT2D eigenvalue weighted by Crippen LogP contribution is 2.45. The maximum atomic E-state index is 13.4.